The maximum Gasteiger partial charge on any atom is 0.244 e. The fourth-order valence-electron chi connectivity index (χ4n) is 2.70. The lowest BCUT2D eigenvalue weighted by atomic mass is 10.2. The number of aryl methyl sites for hydroxylation is 3. The molecular formula is C17H20N4O5S. The van der Waals surface area contributed by atoms with Crippen LogP contribution < -0.4 is 9.46 Å². The van der Waals surface area contributed by atoms with Crippen LogP contribution in [0.5, 0.6) is 11.5 Å². The van der Waals surface area contributed by atoms with E-state index in [0.29, 0.717) is 34.3 Å². The van der Waals surface area contributed by atoms with Gasteiger partial charge in [0.05, 0.1) is 30.7 Å². The number of aromatic nitrogens is 3. The summed E-state index contributed by atoms with van der Waals surface area (Å²) in [6, 6.07) is 4.70. The SMILES string of the molecule is COc1cc(-c2nc(CNS(=O)(=O)c3c(C)n[nH]c3C)c(C)o2)ccc1O. The average molecular weight is 392 g/mol. The maximum atomic E-state index is 12.5. The lowest BCUT2D eigenvalue weighted by Gasteiger charge is -2.05. The number of H-pyrrole nitrogens is 1. The number of aromatic amines is 1. The zero-order valence-corrected chi connectivity index (χ0v) is 16.1. The van der Waals surface area contributed by atoms with Crippen molar-refractivity contribution in [3.63, 3.8) is 0 Å². The van der Waals surface area contributed by atoms with E-state index in [9.17, 15) is 13.5 Å². The summed E-state index contributed by atoms with van der Waals surface area (Å²) < 4.78 is 38.3. The van der Waals surface area contributed by atoms with Crippen molar-refractivity contribution >= 4 is 10.0 Å². The fourth-order valence-corrected chi connectivity index (χ4v) is 4.05. The summed E-state index contributed by atoms with van der Waals surface area (Å²) in [4.78, 5) is 4.49. The Kier molecular flexibility index (Phi) is 4.94. The molecule has 3 N–H and O–H groups in total. The molecule has 144 valence electrons. The molecular weight excluding hydrogens is 372 g/mol. The van der Waals surface area contributed by atoms with Gasteiger partial charge in [0.25, 0.3) is 0 Å². The van der Waals surface area contributed by atoms with Crippen LogP contribution in [0, 0.1) is 20.8 Å². The lowest BCUT2D eigenvalue weighted by Crippen LogP contribution is -2.24. The molecule has 3 rings (SSSR count). The van der Waals surface area contributed by atoms with E-state index < -0.39 is 10.0 Å². The first kappa shape index (κ1) is 18.9. The van der Waals surface area contributed by atoms with Gasteiger partial charge in [-0.2, -0.15) is 5.10 Å². The highest BCUT2D eigenvalue weighted by Crippen LogP contribution is 2.31. The largest absolute Gasteiger partial charge is 0.504 e. The molecule has 27 heavy (non-hydrogen) atoms. The predicted octanol–water partition coefficient (Wildman–Crippen LogP) is 2.18. The van der Waals surface area contributed by atoms with Gasteiger partial charge in [0.2, 0.25) is 15.9 Å². The molecule has 3 aromatic rings. The summed E-state index contributed by atoms with van der Waals surface area (Å²) in [6.07, 6.45) is 0. The molecule has 2 heterocycles. The Morgan fingerprint density at radius 2 is 2.04 bits per heavy atom. The minimum Gasteiger partial charge on any atom is -0.504 e. The van der Waals surface area contributed by atoms with Gasteiger partial charge >= 0.3 is 0 Å². The number of phenolic OH excluding ortho intramolecular Hbond substituents is 1. The topological polar surface area (TPSA) is 130 Å². The van der Waals surface area contributed by atoms with Gasteiger partial charge < -0.3 is 14.3 Å². The second kappa shape index (κ2) is 7.05. The third kappa shape index (κ3) is 3.67. The molecule has 0 saturated heterocycles. The van der Waals surface area contributed by atoms with Gasteiger partial charge in [-0.15, -0.1) is 0 Å². The second-order valence-corrected chi connectivity index (χ2v) is 7.70. The molecule has 0 radical (unpaired) electrons. The van der Waals surface area contributed by atoms with Crippen LogP contribution in [0.1, 0.15) is 22.8 Å². The van der Waals surface area contributed by atoms with E-state index in [1.165, 1.54) is 13.2 Å². The molecule has 1 aromatic carbocycles. The van der Waals surface area contributed by atoms with Crippen molar-refractivity contribution in [2.45, 2.75) is 32.2 Å². The Morgan fingerprint density at radius 3 is 2.67 bits per heavy atom. The van der Waals surface area contributed by atoms with Gasteiger partial charge in [-0.25, -0.2) is 18.1 Å². The molecule has 0 saturated carbocycles. The van der Waals surface area contributed by atoms with E-state index in [0.717, 1.165) is 0 Å². The Labute approximate surface area is 156 Å². The number of oxazole rings is 1. The van der Waals surface area contributed by atoms with Gasteiger partial charge in [-0.05, 0) is 39.0 Å². The summed E-state index contributed by atoms with van der Waals surface area (Å²) in [7, 11) is -2.30. The van der Waals surface area contributed by atoms with Crippen LogP contribution in [0.2, 0.25) is 0 Å². The molecule has 2 aromatic heterocycles. The van der Waals surface area contributed by atoms with E-state index in [1.807, 2.05) is 0 Å². The second-order valence-electron chi connectivity index (χ2n) is 6.00. The van der Waals surface area contributed by atoms with Gasteiger partial charge in [-0.1, -0.05) is 0 Å². The number of aromatic hydroxyl groups is 1. The molecule has 0 fully saturated rings. The number of nitrogens with zero attached hydrogens (tertiary/aromatic N) is 2. The fraction of sp³-hybridized carbons (Fsp3) is 0.294. The summed E-state index contributed by atoms with van der Waals surface area (Å²) in [5.74, 6) is 1.08. The van der Waals surface area contributed by atoms with E-state index >= 15 is 0 Å². The van der Waals surface area contributed by atoms with Crippen LogP contribution in [-0.2, 0) is 16.6 Å². The van der Waals surface area contributed by atoms with Crippen LogP contribution >= 0.6 is 0 Å². The average Bonchev–Trinajstić information content (AvgIpc) is 3.16. The number of nitrogens with one attached hydrogen (secondary N) is 2. The van der Waals surface area contributed by atoms with Crippen LogP contribution in [0.4, 0.5) is 0 Å². The Bertz CT molecular complexity index is 1070. The lowest BCUT2D eigenvalue weighted by molar-refractivity contribution is 0.373. The first-order valence-corrected chi connectivity index (χ1v) is 9.56. The normalized spacial score (nSPS) is 11.7. The molecule has 0 aliphatic heterocycles. The molecule has 0 unspecified atom stereocenters. The minimum absolute atomic E-state index is 0.00311. The molecule has 9 nitrogen and oxygen atoms in total. The molecule has 0 atom stereocenters. The molecule has 0 spiro atoms. The molecule has 0 aliphatic rings. The quantitative estimate of drug-likeness (QED) is 0.586. The highest BCUT2D eigenvalue weighted by atomic mass is 32.2. The number of ether oxygens (including phenoxy) is 1. The van der Waals surface area contributed by atoms with E-state index in [1.54, 1.807) is 32.9 Å². The number of sulfonamides is 1. The van der Waals surface area contributed by atoms with Crippen LogP contribution in [0.15, 0.2) is 27.5 Å². The van der Waals surface area contributed by atoms with Crippen LogP contribution in [-0.4, -0.2) is 35.8 Å². The van der Waals surface area contributed by atoms with Crippen molar-refractivity contribution in [3.8, 4) is 23.0 Å². The smallest absolute Gasteiger partial charge is 0.244 e. The van der Waals surface area contributed by atoms with E-state index in [2.05, 4.69) is 19.9 Å². The van der Waals surface area contributed by atoms with Gasteiger partial charge in [0.15, 0.2) is 11.5 Å². The molecule has 0 bridgehead atoms. The third-order valence-corrected chi connectivity index (χ3v) is 5.74. The van der Waals surface area contributed by atoms with Crippen molar-refractivity contribution in [1.29, 1.82) is 0 Å². The summed E-state index contributed by atoms with van der Waals surface area (Å²) in [5, 5.41) is 16.3. The number of hydrogen-bond acceptors (Lipinski definition) is 7. The van der Waals surface area contributed by atoms with Crippen LogP contribution in [0.25, 0.3) is 11.5 Å². The van der Waals surface area contributed by atoms with Gasteiger partial charge in [0, 0.05) is 5.56 Å². The first-order valence-electron chi connectivity index (χ1n) is 8.08. The highest BCUT2D eigenvalue weighted by Gasteiger charge is 2.23. The summed E-state index contributed by atoms with van der Waals surface area (Å²) in [6.45, 7) is 4.94. The van der Waals surface area contributed by atoms with Crippen molar-refractivity contribution in [1.82, 2.24) is 19.9 Å². The molecule has 0 aliphatic carbocycles. The highest BCUT2D eigenvalue weighted by molar-refractivity contribution is 7.89. The zero-order valence-electron chi connectivity index (χ0n) is 15.3. The Balaban J connectivity index is 1.84. The first-order chi connectivity index (χ1) is 12.7. The number of rotatable bonds is 6. The van der Waals surface area contributed by atoms with Crippen LogP contribution in [0.3, 0.4) is 0 Å². The minimum atomic E-state index is -3.74. The Morgan fingerprint density at radius 1 is 1.30 bits per heavy atom. The molecule has 10 heteroatoms. The third-order valence-electron chi connectivity index (χ3n) is 4.08. The monoisotopic (exact) mass is 392 g/mol. The summed E-state index contributed by atoms with van der Waals surface area (Å²) in [5.41, 5.74) is 1.92. The van der Waals surface area contributed by atoms with Crippen molar-refractivity contribution in [2.24, 2.45) is 0 Å². The number of benzene rings is 1. The van der Waals surface area contributed by atoms with Gasteiger partial charge in [-0.3, -0.25) is 5.10 Å². The number of phenols is 1. The number of methoxy groups -OCH3 is 1. The molecule has 0 amide bonds. The zero-order chi connectivity index (χ0) is 19.8. The van der Waals surface area contributed by atoms with E-state index in [-0.39, 0.29) is 22.9 Å². The van der Waals surface area contributed by atoms with Crippen molar-refractivity contribution < 1.29 is 22.7 Å². The summed E-state index contributed by atoms with van der Waals surface area (Å²) >= 11 is 0. The van der Waals surface area contributed by atoms with E-state index in [4.69, 9.17) is 9.15 Å². The maximum absolute atomic E-state index is 12.5. The predicted molar refractivity (Wildman–Crippen MR) is 97.0 cm³/mol. The van der Waals surface area contributed by atoms with Crippen molar-refractivity contribution in [2.75, 3.05) is 7.11 Å². The van der Waals surface area contributed by atoms with Crippen molar-refractivity contribution in [3.05, 3.63) is 41.0 Å². The van der Waals surface area contributed by atoms with Gasteiger partial charge in [0.1, 0.15) is 10.7 Å². The standard InChI is InChI=1S/C17H20N4O5S/c1-9-16(10(2)21-20-9)27(23,24)18-8-13-11(3)26-17(19-13)12-5-6-14(22)15(7-12)25-4/h5-7,18,22H,8H2,1-4H3,(H,20,21). The number of hydrogen-bond donors (Lipinski definition) is 3. The Hall–Kier alpha value is -2.85.